The summed E-state index contributed by atoms with van der Waals surface area (Å²) in [5.74, 6) is 0. The minimum atomic E-state index is 0.162. The van der Waals surface area contributed by atoms with Crippen molar-refractivity contribution >= 4 is 11.3 Å². The van der Waals surface area contributed by atoms with Crippen molar-refractivity contribution < 1.29 is 0 Å². The molecule has 4 nitrogen and oxygen atoms in total. The maximum Gasteiger partial charge on any atom is 0.104 e. The van der Waals surface area contributed by atoms with Crippen LogP contribution in [0.4, 0.5) is 0 Å². The Kier molecular flexibility index (Phi) is 3.91. The average Bonchev–Trinajstić information content (AvgIpc) is 2.90. The summed E-state index contributed by atoms with van der Waals surface area (Å²) in [4.78, 5) is 2.95. The van der Waals surface area contributed by atoms with Gasteiger partial charge in [-0.05, 0) is 36.9 Å². The van der Waals surface area contributed by atoms with Crippen LogP contribution >= 0.6 is 11.3 Å². The maximum atomic E-state index is 4.41. The Balaban J connectivity index is 2.28. The van der Waals surface area contributed by atoms with E-state index in [-0.39, 0.29) is 6.04 Å². The quantitative estimate of drug-likeness (QED) is 0.885. The molecule has 0 saturated heterocycles. The van der Waals surface area contributed by atoms with E-state index in [0.29, 0.717) is 0 Å². The van der Waals surface area contributed by atoms with Crippen LogP contribution in [0.5, 0.6) is 0 Å². The zero-order valence-electron chi connectivity index (χ0n) is 10.5. The molecule has 5 heteroatoms. The Morgan fingerprint density at radius 2 is 2.35 bits per heavy atom. The van der Waals surface area contributed by atoms with Crippen LogP contribution in [0, 0.1) is 6.92 Å². The van der Waals surface area contributed by atoms with Crippen LogP contribution in [0.25, 0.3) is 0 Å². The van der Waals surface area contributed by atoms with Gasteiger partial charge in [-0.15, -0.1) is 11.3 Å². The van der Waals surface area contributed by atoms with Gasteiger partial charge in [0.1, 0.15) is 5.69 Å². The largest absolute Gasteiger partial charge is 0.305 e. The highest BCUT2D eigenvalue weighted by Gasteiger charge is 2.18. The summed E-state index contributed by atoms with van der Waals surface area (Å²) in [5, 5.41) is 14.2. The van der Waals surface area contributed by atoms with Gasteiger partial charge in [-0.3, -0.25) is 0 Å². The first-order chi connectivity index (χ1) is 8.22. The lowest BCUT2D eigenvalue weighted by molar-refractivity contribution is 0.568. The molecule has 0 spiro atoms. The van der Waals surface area contributed by atoms with Crippen LogP contribution in [0.3, 0.4) is 0 Å². The molecule has 2 rings (SSSR count). The third-order valence-corrected chi connectivity index (χ3v) is 3.58. The van der Waals surface area contributed by atoms with Gasteiger partial charge in [0, 0.05) is 11.9 Å². The summed E-state index contributed by atoms with van der Waals surface area (Å²) in [6.07, 6.45) is 2.95. The molecular formula is C12H18N4S. The Labute approximate surface area is 106 Å². The first kappa shape index (κ1) is 12.3. The third-order valence-electron chi connectivity index (χ3n) is 2.72. The number of aromatic nitrogens is 3. The molecular weight excluding hydrogens is 232 g/mol. The smallest absolute Gasteiger partial charge is 0.104 e. The average molecular weight is 250 g/mol. The van der Waals surface area contributed by atoms with Gasteiger partial charge < -0.3 is 5.32 Å². The van der Waals surface area contributed by atoms with Gasteiger partial charge in [0.2, 0.25) is 0 Å². The van der Waals surface area contributed by atoms with Crippen LogP contribution in [-0.4, -0.2) is 21.5 Å². The van der Waals surface area contributed by atoms with Crippen molar-refractivity contribution in [2.45, 2.75) is 26.3 Å². The Morgan fingerprint density at radius 3 is 2.88 bits per heavy atom. The van der Waals surface area contributed by atoms with Crippen LogP contribution < -0.4 is 5.32 Å². The van der Waals surface area contributed by atoms with Gasteiger partial charge >= 0.3 is 0 Å². The highest BCUT2D eigenvalue weighted by atomic mass is 32.1. The number of thiophene rings is 1. The minimum Gasteiger partial charge on any atom is -0.305 e. The monoisotopic (exact) mass is 250 g/mol. The number of hydrogen-bond acceptors (Lipinski definition) is 4. The minimum absolute atomic E-state index is 0.162. The van der Waals surface area contributed by atoms with Gasteiger partial charge in [-0.25, -0.2) is 0 Å². The summed E-state index contributed by atoms with van der Waals surface area (Å²) in [6, 6.07) is 2.33. The standard InChI is InChI=1S/C12H18N4S/c1-4-6-13-12(10-5-7-17-9(10)2)11-8-14-16(3)15-11/h5,7-8,12-13H,4,6H2,1-3H3. The molecule has 2 aromatic heterocycles. The van der Waals surface area contributed by atoms with E-state index >= 15 is 0 Å². The summed E-state index contributed by atoms with van der Waals surface area (Å²) >= 11 is 1.77. The molecule has 92 valence electrons. The molecule has 0 radical (unpaired) electrons. The maximum absolute atomic E-state index is 4.41. The Morgan fingerprint density at radius 1 is 1.53 bits per heavy atom. The number of nitrogens with zero attached hydrogens (tertiary/aromatic N) is 3. The van der Waals surface area contributed by atoms with E-state index in [2.05, 4.69) is 40.8 Å². The fourth-order valence-corrected chi connectivity index (χ4v) is 2.59. The number of nitrogens with one attached hydrogen (secondary N) is 1. The molecule has 0 amide bonds. The molecule has 17 heavy (non-hydrogen) atoms. The predicted molar refractivity (Wildman–Crippen MR) is 70.2 cm³/mol. The van der Waals surface area contributed by atoms with Crippen molar-refractivity contribution in [3.8, 4) is 0 Å². The first-order valence-electron chi connectivity index (χ1n) is 5.86. The SMILES string of the molecule is CCCNC(c1cnn(C)n1)c1ccsc1C. The van der Waals surface area contributed by atoms with Crippen LogP contribution in [0.1, 0.15) is 35.5 Å². The molecule has 0 bridgehead atoms. The lowest BCUT2D eigenvalue weighted by Gasteiger charge is -2.16. The van der Waals surface area contributed by atoms with Crippen molar-refractivity contribution in [1.82, 2.24) is 20.3 Å². The Bertz CT molecular complexity index is 474. The third kappa shape index (κ3) is 2.73. The second kappa shape index (κ2) is 5.42. The molecule has 0 saturated carbocycles. The number of hydrogen-bond donors (Lipinski definition) is 1. The first-order valence-corrected chi connectivity index (χ1v) is 6.74. The zero-order chi connectivity index (χ0) is 12.3. The fraction of sp³-hybridized carbons (Fsp3) is 0.500. The topological polar surface area (TPSA) is 42.7 Å². The van der Waals surface area contributed by atoms with Crippen LogP contribution in [0.2, 0.25) is 0 Å². The van der Waals surface area contributed by atoms with E-state index in [1.807, 2.05) is 13.2 Å². The van der Waals surface area contributed by atoms with Gasteiger partial charge in [0.25, 0.3) is 0 Å². The summed E-state index contributed by atoms with van der Waals surface area (Å²) < 4.78 is 0. The molecule has 1 N–H and O–H groups in total. The molecule has 1 atom stereocenters. The van der Waals surface area contributed by atoms with Crippen molar-refractivity contribution in [2.75, 3.05) is 6.54 Å². The highest BCUT2D eigenvalue weighted by molar-refractivity contribution is 7.10. The zero-order valence-corrected chi connectivity index (χ0v) is 11.3. The van der Waals surface area contributed by atoms with Gasteiger partial charge in [-0.1, -0.05) is 6.92 Å². The van der Waals surface area contributed by atoms with Crippen molar-refractivity contribution in [2.24, 2.45) is 7.05 Å². The lowest BCUT2D eigenvalue weighted by Crippen LogP contribution is -2.23. The predicted octanol–water partition coefficient (Wildman–Crippen LogP) is 2.27. The van der Waals surface area contributed by atoms with Gasteiger partial charge in [-0.2, -0.15) is 15.0 Å². The molecule has 0 aliphatic heterocycles. The Hall–Kier alpha value is -1.20. The molecule has 0 aromatic carbocycles. The molecule has 1 unspecified atom stereocenters. The van der Waals surface area contributed by atoms with Crippen LogP contribution in [-0.2, 0) is 7.05 Å². The normalized spacial score (nSPS) is 12.9. The van der Waals surface area contributed by atoms with E-state index < -0.39 is 0 Å². The molecule has 2 aromatic rings. The highest BCUT2D eigenvalue weighted by Crippen LogP contribution is 2.26. The van der Waals surface area contributed by atoms with E-state index in [4.69, 9.17) is 0 Å². The lowest BCUT2D eigenvalue weighted by atomic mass is 10.1. The van der Waals surface area contributed by atoms with E-state index in [1.54, 1.807) is 16.1 Å². The molecule has 2 heterocycles. The van der Waals surface area contributed by atoms with Gasteiger partial charge in [0.05, 0.1) is 12.2 Å². The molecule has 0 aliphatic carbocycles. The molecule has 0 aliphatic rings. The number of aryl methyl sites for hydroxylation is 2. The van der Waals surface area contributed by atoms with Crippen molar-refractivity contribution in [1.29, 1.82) is 0 Å². The second-order valence-electron chi connectivity index (χ2n) is 4.08. The summed E-state index contributed by atoms with van der Waals surface area (Å²) in [7, 11) is 1.85. The summed E-state index contributed by atoms with van der Waals surface area (Å²) in [6.45, 7) is 5.30. The van der Waals surface area contributed by atoms with E-state index in [0.717, 1.165) is 18.7 Å². The molecule has 0 fully saturated rings. The van der Waals surface area contributed by atoms with Crippen molar-refractivity contribution in [3.63, 3.8) is 0 Å². The second-order valence-corrected chi connectivity index (χ2v) is 5.20. The fourth-order valence-electron chi connectivity index (χ4n) is 1.85. The van der Waals surface area contributed by atoms with Gasteiger partial charge in [0.15, 0.2) is 0 Å². The number of rotatable bonds is 5. The van der Waals surface area contributed by atoms with E-state index in [9.17, 15) is 0 Å². The van der Waals surface area contributed by atoms with E-state index in [1.165, 1.54) is 10.4 Å². The van der Waals surface area contributed by atoms with Crippen LogP contribution in [0.15, 0.2) is 17.6 Å². The summed E-state index contributed by atoms with van der Waals surface area (Å²) in [5.41, 5.74) is 2.30. The van der Waals surface area contributed by atoms with Crippen molar-refractivity contribution in [3.05, 3.63) is 33.8 Å².